The molecule has 3 aromatic carbocycles. The summed E-state index contributed by atoms with van der Waals surface area (Å²) >= 11 is 12.2. The molecule has 0 aliphatic heterocycles. The van der Waals surface area contributed by atoms with E-state index in [-0.39, 0.29) is 18.4 Å². The highest BCUT2D eigenvalue weighted by Gasteiger charge is 2.20. The largest absolute Gasteiger partial charge is 0.346 e. The molecule has 0 radical (unpaired) electrons. The second-order valence-electron chi connectivity index (χ2n) is 6.86. The summed E-state index contributed by atoms with van der Waals surface area (Å²) in [6, 6.07) is 22.7. The zero-order chi connectivity index (χ0) is 20.2. The molecule has 1 atom stereocenters. The molecule has 2 N–H and O–H groups in total. The van der Waals surface area contributed by atoms with Gasteiger partial charge in [-0.1, -0.05) is 71.7 Å². The molecule has 1 unspecified atom stereocenters. The average Bonchev–Trinajstić information content (AvgIpc) is 3.15. The van der Waals surface area contributed by atoms with Gasteiger partial charge < -0.3 is 10.3 Å². The minimum absolute atomic E-state index is 0.129. The zero-order valence-corrected chi connectivity index (χ0v) is 17.0. The first-order valence-corrected chi connectivity index (χ1v) is 10.1. The summed E-state index contributed by atoms with van der Waals surface area (Å²) in [7, 11) is 0. The fourth-order valence-electron chi connectivity index (χ4n) is 3.29. The molecule has 1 heterocycles. The van der Waals surface area contributed by atoms with Crippen LogP contribution in [0, 0.1) is 0 Å². The van der Waals surface area contributed by atoms with Gasteiger partial charge in [0.15, 0.2) is 0 Å². The van der Waals surface area contributed by atoms with E-state index in [0.29, 0.717) is 16.5 Å². The number of hydrogen-bond donors (Lipinski definition) is 2. The van der Waals surface area contributed by atoms with Crippen molar-refractivity contribution in [3.63, 3.8) is 0 Å². The quantitative estimate of drug-likeness (QED) is 0.429. The van der Waals surface area contributed by atoms with Gasteiger partial charge >= 0.3 is 0 Å². The lowest BCUT2D eigenvalue weighted by Crippen LogP contribution is -2.32. The van der Waals surface area contributed by atoms with Crippen molar-refractivity contribution in [2.75, 3.05) is 0 Å². The fraction of sp³-hybridized carbons (Fsp3) is 0.130. The number of rotatable bonds is 6. The smallest absolute Gasteiger partial charge is 0.225 e. The van der Waals surface area contributed by atoms with Crippen molar-refractivity contribution in [1.29, 1.82) is 0 Å². The Morgan fingerprint density at radius 3 is 2.52 bits per heavy atom. The van der Waals surface area contributed by atoms with Gasteiger partial charge in [-0.05, 0) is 41.8 Å². The van der Waals surface area contributed by atoms with Gasteiger partial charge in [-0.2, -0.15) is 0 Å². The molecule has 146 valence electrons. The molecule has 1 aromatic heterocycles. The number of halogens is 2. The first-order chi connectivity index (χ1) is 14.1. The topological polar surface area (TPSA) is 57.8 Å². The number of carbonyl (C=O) groups excluding carboxylic acids is 1. The van der Waals surface area contributed by atoms with Gasteiger partial charge in [0, 0.05) is 10.0 Å². The summed E-state index contributed by atoms with van der Waals surface area (Å²) in [5.41, 5.74) is 3.66. The Bertz CT molecular complexity index is 1110. The number of benzene rings is 3. The summed E-state index contributed by atoms with van der Waals surface area (Å²) in [5, 5.41) is 4.14. The summed E-state index contributed by atoms with van der Waals surface area (Å²) in [5.74, 6) is 0.598. The third-order valence-corrected chi connectivity index (χ3v) is 5.31. The van der Waals surface area contributed by atoms with Crippen LogP contribution >= 0.6 is 23.2 Å². The molecular formula is C23H19Cl2N3O. The van der Waals surface area contributed by atoms with Crippen molar-refractivity contribution in [3.8, 4) is 0 Å². The lowest BCUT2D eigenvalue weighted by molar-refractivity contribution is -0.121. The average molecular weight is 424 g/mol. The second kappa shape index (κ2) is 8.68. The van der Waals surface area contributed by atoms with E-state index in [2.05, 4.69) is 15.3 Å². The molecule has 0 spiro atoms. The van der Waals surface area contributed by atoms with E-state index in [1.54, 1.807) is 18.2 Å². The number of aromatic nitrogens is 2. The summed E-state index contributed by atoms with van der Waals surface area (Å²) < 4.78 is 0. The predicted molar refractivity (Wildman–Crippen MR) is 117 cm³/mol. The molecule has 6 heteroatoms. The number of H-pyrrole nitrogens is 1. The molecule has 0 aliphatic rings. The summed E-state index contributed by atoms with van der Waals surface area (Å²) in [6.45, 7) is 0. The van der Waals surface area contributed by atoms with E-state index in [1.807, 2.05) is 54.6 Å². The minimum atomic E-state index is -0.289. The molecule has 4 nitrogen and oxygen atoms in total. The van der Waals surface area contributed by atoms with Crippen LogP contribution in [-0.2, 0) is 17.6 Å². The third kappa shape index (κ3) is 4.78. The molecule has 0 fully saturated rings. The highest BCUT2D eigenvalue weighted by Crippen LogP contribution is 2.23. The van der Waals surface area contributed by atoms with Crippen LogP contribution in [0.1, 0.15) is 23.0 Å². The van der Waals surface area contributed by atoms with Gasteiger partial charge in [0.1, 0.15) is 5.82 Å². The van der Waals surface area contributed by atoms with E-state index in [9.17, 15) is 4.79 Å². The van der Waals surface area contributed by atoms with Crippen LogP contribution in [0.2, 0.25) is 10.0 Å². The van der Waals surface area contributed by atoms with Crippen LogP contribution in [0.3, 0.4) is 0 Å². The van der Waals surface area contributed by atoms with Crippen molar-refractivity contribution in [3.05, 3.63) is 99.8 Å². The van der Waals surface area contributed by atoms with Crippen molar-refractivity contribution >= 4 is 40.1 Å². The molecule has 4 aromatic rings. The maximum atomic E-state index is 12.8. The highest BCUT2D eigenvalue weighted by molar-refractivity contribution is 6.35. The third-order valence-electron chi connectivity index (χ3n) is 4.72. The van der Waals surface area contributed by atoms with Crippen molar-refractivity contribution in [2.45, 2.75) is 18.9 Å². The Hall–Kier alpha value is -2.82. The van der Waals surface area contributed by atoms with Crippen LogP contribution in [0.5, 0.6) is 0 Å². The van der Waals surface area contributed by atoms with E-state index < -0.39 is 0 Å². The second-order valence-corrected chi connectivity index (χ2v) is 7.71. The Kier molecular flexibility index (Phi) is 5.84. The number of aromatic amines is 1. The minimum Gasteiger partial charge on any atom is -0.346 e. The van der Waals surface area contributed by atoms with Crippen molar-refractivity contribution < 1.29 is 4.79 Å². The Morgan fingerprint density at radius 2 is 1.76 bits per heavy atom. The predicted octanol–water partition coefficient (Wildman–Crippen LogP) is 5.51. The van der Waals surface area contributed by atoms with Crippen LogP contribution < -0.4 is 5.32 Å². The maximum Gasteiger partial charge on any atom is 0.225 e. The maximum absolute atomic E-state index is 12.8. The summed E-state index contributed by atoms with van der Waals surface area (Å²) in [4.78, 5) is 20.8. The molecule has 0 bridgehead atoms. The highest BCUT2D eigenvalue weighted by atomic mass is 35.5. The molecule has 0 aliphatic carbocycles. The summed E-state index contributed by atoms with van der Waals surface area (Å²) in [6.07, 6.45) is 0.794. The number of para-hydroxylation sites is 2. The molecule has 4 rings (SSSR count). The van der Waals surface area contributed by atoms with E-state index in [0.717, 1.165) is 28.0 Å². The van der Waals surface area contributed by atoms with Gasteiger partial charge in [0.05, 0.1) is 23.5 Å². The monoisotopic (exact) mass is 423 g/mol. The lowest BCUT2D eigenvalue weighted by Gasteiger charge is -2.17. The number of nitrogens with zero attached hydrogens (tertiary/aromatic N) is 1. The van der Waals surface area contributed by atoms with Gasteiger partial charge in [-0.3, -0.25) is 4.79 Å². The normalized spacial score (nSPS) is 12.1. The van der Waals surface area contributed by atoms with Gasteiger partial charge in [-0.15, -0.1) is 0 Å². The standard InChI is InChI=1S/C23H19Cl2N3O/c24-17-11-10-16(18(25)14-17)13-22(29)26-21(12-15-6-2-1-3-7-15)23-27-19-8-4-5-9-20(19)28-23/h1-11,14,21H,12-13H2,(H,26,29)(H,27,28). The van der Waals surface area contributed by atoms with E-state index in [4.69, 9.17) is 23.2 Å². The zero-order valence-electron chi connectivity index (χ0n) is 15.5. The molecule has 0 saturated carbocycles. The number of fused-ring (bicyclic) bond motifs is 1. The van der Waals surface area contributed by atoms with Crippen LogP contribution in [0.15, 0.2) is 72.8 Å². The van der Waals surface area contributed by atoms with Gasteiger partial charge in [0.2, 0.25) is 5.91 Å². The SMILES string of the molecule is O=C(Cc1ccc(Cl)cc1Cl)NC(Cc1ccccc1)c1nc2ccccc2[nH]1. The Labute approximate surface area is 178 Å². The Balaban J connectivity index is 1.58. The molecule has 29 heavy (non-hydrogen) atoms. The van der Waals surface area contributed by atoms with Crippen LogP contribution in [0.4, 0.5) is 0 Å². The van der Waals surface area contributed by atoms with E-state index in [1.165, 1.54) is 0 Å². The number of hydrogen-bond acceptors (Lipinski definition) is 2. The lowest BCUT2D eigenvalue weighted by atomic mass is 10.0. The van der Waals surface area contributed by atoms with E-state index >= 15 is 0 Å². The van der Waals surface area contributed by atoms with Gasteiger partial charge in [0.25, 0.3) is 0 Å². The molecule has 1 amide bonds. The number of amides is 1. The van der Waals surface area contributed by atoms with Crippen LogP contribution in [-0.4, -0.2) is 15.9 Å². The van der Waals surface area contributed by atoms with Crippen molar-refractivity contribution in [1.82, 2.24) is 15.3 Å². The fourth-order valence-corrected chi connectivity index (χ4v) is 3.76. The van der Waals surface area contributed by atoms with Crippen molar-refractivity contribution in [2.24, 2.45) is 0 Å². The number of imidazole rings is 1. The first kappa shape index (κ1) is 19.5. The Morgan fingerprint density at radius 1 is 1.00 bits per heavy atom. The number of nitrogens with one attached hydrogen (secondary N) is 2. The first-order valence-electron chi connectivity index (χ1n) is 9.30. The molecular weight excluding hydrogens is 405 g/mol. The van der Waals surface area contributed by atoms with Gasteiger partial charge in [-0.25, -0.2) is 4.98 Å². The molecule has 0 saturated heterocycles. The van der Waals surface area contributed by atoms with Crippen LogP contribution in [0.25, 0.3) is 11.0 Å². The number of carbonyl (C=O) groups is 1.